The van der Waals surface area contributed by atoms with Gasteiger partial charge in [0.25, 0.3) is 0 Å². The van der Waals surface area contributed by atoms with Crippen LogP contribution in [0.4, 0.5) is 4.79 Å². The summed E-state index contributed by atoms with van der Waals surface area (Å²) >= 11 is 0. The van der Waals surface area contributed by atoms with Crippen LogP contribution in [0.1, 0.15) is 27.2 Å². The van der Waals surface area contributed by atoms with Crippen LogP contribution in [0.15, 0.2) is 11.6 Å². The second-order valence-corrected chi connectivity index (χ2v) is 3.86. The number of carbonyl (C=O) groups excluding carboxylic acids is 1. The van der Waals surface area contributed by atoms with Crippen LogP contribution in [0.25, 0.3) is 0 Å². The third kappa shape index (κ3) is 3.09. The minimum Gasteiger partial charge on any atom is -0.336 e. The van der Waals surface area contributed by atoms with E-state index in [0.717, 1.165) is 19.5 Å². The van der Waals surface area contributed by atoms with Crippen LogP contribution in [0.3, 0.4) is 0 Å². The number of hydrogen-bond donors (Lipinski definition) is 1. The molecule has 1 aliphatic rings. The predicted molar refractivity (Wildman–Crippen MR) is 53.6 cm³/mol. The van der Waals surface area contributed by atoms with Crippen LogP contribution in [-0.2, 0) is 0 Å². The third-order valence-electron chi connectivity index (χ3n) is 2.03. The van der Waals surface area contributed by atoms with Crippen molar-refractivity contribution in [3.63, 3.8) is 0 Å². The number of rotatable bonds is 1. The molecule has 0 aromatic rings. The Morgan fingerprint density at radius 1 is 1.62 bits per heavy atom. The number of nitrogens with one attached hydrogen (secondary N) is 1. The van der Waals surface area contributed by atoms with Crippen molar-refractivity contribution in [3.05, 3.63) is 11.6 Å². The van der Waals surface area contributed by atoms with Crippen molar-refractivity contribution in [2.75, 3.05) is 13.1 Å². The fourth-order valence-electron chi connectivity index (χ4n) is 1.42. The second-order valence-electron chi connectivity index (χ2n) is 3.86. The first kappa shape index (κ1) is 10.1. The van der Waals surface area contributed by atoms with Crippen LogP contribution < -0.4 is 5.32 Å². The van der Waals surface area contributed by atoms with Gasteiger partial charge in [0.2, 0.25) is 0 Å². The molecule has 1 N–H and O–H groups in total. The van der Waals surface area contributed by atoms with Gasteiger partial charge in [0.1, 0.15) is 0 Å². The molecule has 0 atom stereocenters. The van der Waals surface area contributed by atoms with Crippen molar-refractivity contribution in [2.24, 2.45) is 0 Å². The molecule has 0 saturated heterocycles. The number of hydrogen-bond acceptors (Lipinski definition) is 1. The molecule has 1 rings (SSSR count). The van der Waals surface area contributed by atoms with E-state index in [1.54, 1.807) is 0 Å². The fourth-order valence-corrected chi connectivity index (χ4v) is 1.42. The molecule has 0 saturated carbocycles. The first-order valence-electron chi connectivity index (χ1n) is 4.80. The SMILES string of the molecule is CC1=CCCN(C(=O)NC(C)C)C1. The molecular formula is C10H18N2O. The lowest BCUT2D eigenvalue weighted by molar-refractivity contribution is 0.198. The number of urea groups is 1. The van der Waals surface area contributed by atoms with Crippen LogP contribution in [0.5, 0.6) is 0 Å². The molecule has 0 bridgehead atoms. The molecule has 3 nitrogen and oxygen atoms in total. The fraction of sp³-hybridized carbons (Fsp3) is 0.700. The van der Waals surface area contributed by atoms with Crippen molar-refractivity contribution in [3.8, 4) is 0 Å². The smallest absolute Gasteiger partial charge is 0.317 e. The lowest BCUT2D eigenvalue weighted by atomic mass is 10.1. The van der Waals surface area contributed by atoms with Gasteiger partial charge < -0.3 is 10.2 Å². The lowest BCUT2D eigenvalue weighted by Crippen LogP contribution is -2.45. The Hall–Kier alpha value is -0.990. The van der Waals surface area contributed by atoms with Crippen molar-refractivity contribution < 1.29 is 4.79 Å². The molecule has 0 radical (unpaired) electrons. The molecule has 0 fully saturated rings. The zero-order valence-electron chi connectivity index (χ0n) is 8.63. The Kier molecular flexibility index (Phi) is 3.34. The minimum absolute atomic E-state index is 0.0578. The highest BCUT2D eigenvalue weighted by atomic mass is 16.2. The van der Waals surface area contributed by atoms with Crippen LogP contribution >= 0.6 is 0 Å². The lowest BCUT2D eigenvalue weighted by Gasteiger charge is -2.27. The van der Waals surface area contributed by atoms with Crippen molar-refractivity contribution in [2.45, 2.75) is 33.2 Å². The second kappa shape index (κ2) is 4.30. The Bertz CT molecular complexity index is 221. The van der Waals surface area contributed by atoms with Gasteiger partial charge in [-0.1, -0.05) is 11.6 Å². The molecule has 0 spiro atoms. The molecule has 1 heterocycles. The number of nitrogens with zero attached hydrogens (tertiary/aromatic N) is 1. The summed E-state index contributed by atoms with van der Waals surface area (Å²) in [5.41, 5.74) is 1.28. The van der Waals surface area contributed by atoms with E-state index in [4.69, 9.17) is 0 Å². The molecule has 0 aromatic carbocycles. The maximum Gasteiger partial charge on any atom is 0.317 e. The highest BCUT2D eigenvalue weighted by molar-refractivity contribution is 5.74. The average molecular weight is 182 g/mol. The first-order chi connectivity index (χ1) is 6.09. The van der Waals surface area contributed by atoms with Gasteiger partial charge >= 0.3 is 6.03 Å². The quantitative estimate of drug-likeness (QED) is 0.616. The van der Waals surface area contributed by atoms with Gasteiger partial charge in [-0.05, 0) is 27.2 Å². The molecule has 0 aromatic heterocycles. The largest absolute Gasteiger partial charge is 0.336 e. The molecular weight excluding hydrogens is 164 g/mol. The van der Waals surface area contributed by atoms with Gasteiger partial charge in [-0.15, -0.1) is 0 Å². The predicted octanol–water partition coefficient (Wildman–Crippen LogP) is 1.76. The Balaban J connectivity index is 2.44. The van der Waals surface area contributed by atoms with E-state index in [1.807, 2.05) is 18.7 Å². The van der Waals surface area contributed by atoms with Gasteiger partial charge in [-0.25, -0.2) is 4.79 Å². The Morgan fingerprint density at radius 3 is 2.85 bits per heavy atom. The van der Waals surface area contributed by atoms with E-state index < -0.39 is 0 Å². The summed E-state index contributed by atoms with van der Waals surface area (Å²) in [5, 5.41) is 2.89. The summed E-state index contributed by atoms with van der Waals surface area (Å²) in [6.45, 7) is 7.64. The Labute approximate surface area is 79.8 Å². The number of amides is 2. The molecule has 74 valence electrons. The average Bonchev–Trinajstić information content (AvgIpc) is 2.03. The third-order valence-corrected chi connectivity index (χ3v) is 2.03. The highest BCUT2D eigenvalue weighted by Gasteiger charge is 2.16. The van der Waals surface area contributed by atoms with Crippen LogP contribution in [0, 0.1) is 0 Å². The van der Waals surface area contributed by atoms with E-state index in [2.05, 4.69) is 18.3 Å². The highest BCUT2D eigenvalue weighted by Crippen LogP contribution is 2.08. The molecule has 0 aliphatic carbocycles. The van der Waals surface area contributed by atoms with E-state index in [1.165, 1.54) is 5.57 Å². The van der Waals surface area contributed by atoms with Gasteiger partial charge in [0.05, 0.1) is 0 Å². The maximum atomic E-state index is 11.5. The standard InChI is InChI=1S/C10H18N2O/c1-8(2)11-10(13)12-6-4-5-9(3)7-12/h5,8H,4,6-7H2,1-3H3,(H,11,13). The molecule has 13 heavy (non-hydrogen) atoms. The van der Waals surface area contributed by atoms with Gasteiger partial charge in [-0.3, -0.25) is 0 Å². The van der Waals surface area contributed by atoms with Crippen LogP contribution in [0.2, 0.25) is 0 Å². The zero-order valence-corrected chi connectivity index (χ0v) is 8.63. The summed E-state index contributed by atoms with van der Waals surface area (Å²) in [7, 11) is 0. The summed E-state index contributed by atoms with van der Waals surface area (Å²) in [6.07, 6.45) is 3.18. The molecule has 2 amide bonds. The van der Waals surface area contributed by atoms with E-state index >= 15 is 0 Å². The molecule has 1 aliphatic heterocycles. The number of carbonyl (C=O) groups is 1. The van der Waals surface area contributed by atoms with E-state index in [-0.39, 0.29) is 12.1 Å². The summed E-state index contributed by atoms with van der Waals surface area (Å²) in [4.78, 5) is 13.4. The monoisotopic (exact) mass is 182 g/mol. The normalized spacial score (nSPS) is 17.2. The molecule has 3 heteroatoms. The van der Waals surface area contributed by atoms with Gasteiger partial charge in [0, 0.05) is 19.1 Å². The van der Waals surface area contributed by atoms with Crippen molar-refractivity contribution in [1.82, 2.24) is 10.2 Å². The zero-order chi connectivity index (χ0) is 9.84. The maximum absolute atomic E-state index is 11.5. The minimum atomic E-state index is 0.0578. The summed E-state index contributed by atoms with van der Waals surface area (Å²) < 4.78 is 0. The summed E-state index contributed by atoms with van der Waals surface area (Å²) in [6, 6.07) is 0.279. The topological polar surface area (TPSA) is 32.3 Å². The van der Waals surface area contributed by atoms with E-state index in [0.29, 0.717) is 0 Å². The van der Waals surface area contributed by atoms with Gasteiger partial charge in [0.15, 0.2) is 0 Å². The van der Waals surface area contributed by atoms with E-state index in [9.17, 15) is 4.79 Å². The van der Waals surface area contributed by atoms with Crippen molar-refractivity contribution in [1.29, 1.82) is 0 Å². The van der Waals surface area contributed by atoms with Gasteiger partial charge in [-0.2, -0.15) is 0 Å². The summed E-state index contributed by atoms with van der Waals surface area (Å²) in [5.74, 6) is 0. The molecule has 0 unspecified atom stereocenters. The van der Waals surface area contributed by atoms with Crippen LogP contribution in [-0.4, -0.2) is 30.1 Å². The Morgan fingerprint density at radius 2 is 2.31 bits per heavy atom. The van der Waals surface area contributed by atoms with Crippen molar-refractivity contribution >= 4 is 6.03 Å². The first-order valence-corrected chi connectivity index (χ1v) is 4.80.